The second-order valence-corrected chi connectivity index (χ2v) is 6.62. The normalized spacial score (nSPS) is 16.8. The van der Waals surface area contributed by atoms with Gasteiger partial charge in [0.1, 0.15) is 5.82 Å². The average molecular weight is 413 g/mol. The van der Waals surface area contributed by atoms with Crippen LogP contribution in [0.25, 0.3) is 0 Å². The molecule has 1 aromatic heterocycles. The fraction of sp³-hybridized carbons (Fsp3) is 0.368. The molecule has 0 unspecified atom stereocenters. The van der Waals surface area contributed by atoms with Gasteiger partial charge in [0.25, 0.3) is 0 Å². The number of amides is 2. The van der Waals surface area contributed by atoms with E-state index >= 15 is 0 Å². The van der Waals surface area contributed by atoms with Crippen molar-refractivity contribution in [3.8, 4) is 5.88 Å². The molecule has 2 atom stereocenters. The second kappa shape index (κ2) is 8.64. The number of ether oxygens (including phenoxy) is 1. The number of halogens is 4. The van der Waals surface area contributed by atoms with E-state index in [-0.39, 0.29) is 11.9 Å². The molecule has 6 nitrogen and oxygen atoms in total. The molecule has 0 spiro atoms. The number of nitrogens with one attached hydrogen (secondary N) is 2. The van der Waals surface area contributed by atoms with Crippen LogP contribution in [0.3, 0.4) is 0 Å². The first-order chi connectivity index (χ1) is 13.7. The lowest BCUT2D eigenvalue weighted by Gasteiger charge is -2.20. The molecule has 0 radical (unpaired) electrons. The number of benzene rings is 1. The van der Waals surface area contributed by atoms with Gasteiger partial charge in [-0.05, 0) is 47.7 Å². The maximum Gasteiger partial charge on any atom is 0.422 e. The molecule has 1 aromatic carbocycles. The zero-order chi connectivity index (χ0) is 21.0. The third kappa shape index (κ3) is 5.57. The zero-order valence-corrected chi connectivity index (χ0v) is 15.2. The molecular weight excluding hydrogens is 394 g/mol. The lowest BCUT2D eigenvalue weighted by atomic mass is 10.1. The predicted octanol–water partition coefficient (Wildman–Crippen LogP) is 3.18. The molecule has 1 aliphatic rings. The molecule has 2 aromatic rings. The van der Waals surface area contributed by atoms with Crippen LogP contribution in [0, 0.1) is 5.82 Å². The van der Waals surface area contributed by atoms with Gasteiger partial charge in [0.05, 0.1) is 18.7 Å². The maximum absolute atomic E-state index is 13.5. The molecule has 1 aliphatic carbocycles. The summed E-state index contributed by atoms with van der Waals surface area (Å²) in [5, 5.41) is 14.9. The van der Waals surface area contributed by atoms with E-state index in [1.165, 1.54) is 30.5 Å². The number of fused-ring (bicyclic) bond motifs is 1. The molecule has 0 saturated heterocycles. The second-order valence-electron chi connectivity index (χ2n) is 6.62. The van der Waals surface area contributed by atoms with Gasteiger partial charge in [0, 0.05) is 12.3 Å². The first kappa shape index (κ1) is 20.8. The Morgan fingerprint density at radius 1 is 1.31 bits per heavy atom. The molecule has 0 fully saturated rings. The fourth-order valence-electron chi connectivity index (χ4n) is 3.19. The van der Waals surface area contributed by atoms with Crippen molar-refractivity contribution in [1.29, 1.82) is 0 Å². The molecule has 156 valence electrons. The van der Waals surface area contributed by atoms with Crippen LogP contribution in [0.1, 0.15) is 35.2 Å². The summed E-state index contributed by atoms with van der Waals surface area (Å²) in [6.45, 7) is -2.00. The van der Waals surface area contributed by atoms with Gasteiger partial charge in [-0.2, -0.15) is 13.2 Å². The first-order valence-corrected chi connectivity index (χ1v) is 8.87. The topological polar surface area (TPSA) is 83.5 Å². The third-order valence-corrected chi connectivity index (χ3v) is 4.52. The Hall–Kier alpha value is -2.88. The van der Waals surface area contributed by atoms with E-state index in [9.17, 15) is 27.5 Å². The van der Waals surface area contributed by atoms with Gasteiger partial charge >= 0.3 is 12.2 Å². The summed E-state index contributed by atoms with van der Waals surface area (Å²) >= 11 is 0. The number of alkyl halides is 3. The van der Waals surface area contributed by atoms with Crippen molar-refractivity contribution in [1.82, 2.24) is 15.6 Å². The summed E-state index contributed by atoms with van der Waals surface area (Å²) in [6, 6.07) is 5.23. The zero-order valence-electron chi connectivity index (χ0n) is 15.2. The smallest absolute Gasteiger partial charge is 0.422 e. The predicted molar refractivity (Wildman–Crippen MR) is 94.7 cm³/mol. The number of hydrogen-bond donors (Lipinski definition) is 3. The number of aliphatic hydroxyl groups excluding tert-OH is 1. The minimum Gasteiger partial charge on any atom is -0.468 e. The van der Waals surface area contributed by atoms with Crippen molar-refractivity contribution in [2.24, 2.45) is 0 Å². The molecule has 1 heterocycles. The molecular formula is C19H19F4N3O3. The van der Waals surface area contributed by atoms with Crippen LogP contribution in [-0.4, -0.2) is 35.5 Å². The van der Waals surface area contributed by atoms with E-state index in [0.29, 0.717) is 24.0 Å². The highest BCUT2D eigenvalue weighted by Gasteiger charge is 2.29. The highest BCUT2D eigenvalue weighted by molar-refractivity contribution is 5.75. The standard InChI is InChI=1S/C19H19F4N3O3/c20-13-3-1-11-2-4-15(14(11)8-13)25-18(28)26-16(9-27)12-5-6-24-17(7-12)29-10-19(21,22)23/h1,3,5-8,15-16,27H,2,4,9-10H2,(H2,25,26,28)/t15-,16+/m1/s1. The number of hydrogen-bond acceptors (Lipinski definition) is 4. The van der Waals surface area contributed by atoms with E-state index in [2.05, 4.69) is 20.4 Å². The van der Waals surface area contributed by atoms with Crippen molar-refractivity contribution in [2.75, 3.05) is 13.2 Å². The van der Waals surface area contributed by atoms with Gasteiger partial charge in [-0.1, -0.05) is 6.07 Å². The number of nitrogens with zero attached hydrogens (tertiary/aromatic N) is 1. The SMILES string of the molecule is O=C(N[C@@H](CO)c1ccnc(OCC(F)(F)F)c1)N[C@@H]1CCc2ccc(F)cc21. The summed E-state index contributed by atoms with van der Waals surface area (Å²) in [7, 11) is 0. The van der Waals surface area contributed by atoms with Crippen LogP contribution in [-0.2, 0) is 6.42 Å². The number of rotatable bonds is 6. The third-order valence-electron chi connectivity index (χ3n) is 4.52. The Bertz CT molecular complexity index is 876. The number of pyridine rings is 1. The van der Waals surface area contributed by atoms with Gasteiger partial charge in [-0.25, -0.2) is 14.2 Å². The highest BCUT2D eigenvalue weighted by atomic mass is 19.4. The number of carbonyl (C=O) groups excluding carboxylic acids is 1. The van der Waals surface area contributed by atoms with Crippen LogP contribution in [0.15, 0.2) is 36.5 Å². The number of aliphatic hydroxyl groups is 1. The van der Waals surface area contributed by atoms with Crippen molar-refractivity contribution >= 4 is 6.03 Å². The Kier molecular flexibility index (Phi) is 6.21. The highest BCUT2D eigenvalue weighted by Crippen LogP contribution is 2.31. The van der Waals surface area contributed by atoms with Crippen LogP contribution in [0.4, 0.5) is 22.4 Å². The number of urea groups is 1. The summed E-state index contributed by atoms with van der Waals surface area (Å²) < 4.78 is 54.9. The molecule has 0 saturated carbocycles. The quantitative estimate of drug-likeness (QED) is 0.636. The van der Waals surface area contributed by atoms with Crippen molar-refractivity contribution in [2.45, 2.75) is 31.1 Å². The minimum absolute atomic E-state index is 0.277. The van der Waals surface area contributed by atoms with Gasteiger partial charge in [0.2, 0.25) is 5.88 Å². The van der Waals surface area contributed by atoms with Gasteiger partial charge in [0.15, 0.2) is 6.61 Å². The van der Waals surface area contributed by atoms with E-state index in [4.69, 9.17) is 0 Å². The summed E-state index contributed by atoms with van der Waals surface area (Å²) in [5.41, 5.74) is 1.98. The summed E-state index contributed by atoms with van der Waals surface area (Å²) in [6.07, 6.45) is -1.97. The van der Waals surface area contributed by atoms with Gasteiger partial charge < -0.3 is 20.5 Å². The van der Waals surface area contributed by atoms with Gasteiger partial charge in [-0.3, -0.25) is 0 Å². The Labute approximate surface area is 163 Å². The summed E-state index contributed by atoms with van der Waals surface area (Å²) in [4.78, 5) is 16.0. The first-order valence-electron chi connectivity index (χ1n) is 8.87. The monoisotopic (exact) mass is 413 g/mol. The Morgan fingerprint density at radius 3 is 2.83 bits per heavy atom. The van der Waals surface area contributed by atoms with Crippen molar-refractivity contribution < 1.29 is 32.2 Å². The maximum atomic E-state index is 13.5. The van der Waals surface area contributed by atoms with E-state index in [0.717, 1.165) is 5.56 Å². The van der Waals surface area contributed by atoms with Crippen molar-refractivity contribution in [3.63, 3.8) is 0 Å². The lowest BCUT2D eigenvalue weighted by Crippen LogP contribution is -2.40. The molecule has 10 heteroatoms. The molecule has 29 heavy (non-hydrogen) atoms. The average Bonchev–Trinajstić information content (AvgIpc) is 3.06. The molecule has 3 rings (SSSR count). The van der Waals surface area contributed by atoms with E-state index in [1.807, 2.05) is 0 Å². The van der Waals surface area contributed by atoms with Crippen LogP contribution >= 0.6 is 0 Å². The Balaban J connectivity index is 1.63. The number of aromatic nitrogens is 1. The fourth-order valence-corrected chi connectivity index (χ4v) is 3.19. The van der Waals surface area contributed by atoms with Crippen LogP contribution in [0.2, 0.25) is 0 Å². The van der Waals surface area contributed by atoms with Gasteiger partial charge in [-0.15, -0.1) is 0 Å². The molecule has 0 aliphatic heterocycles. The molecule has 3 N–H and O–H groups in total. The van der Waals surface area contributed by atoms with Crippen molar-refractivity contribution in [3.05, 3.63) is 59.0 Å². The molecule has 2 amide bonds. The minimum atomic E-state index is -4.51. The van der Waals surface area contributed by atoms with E-state index < -0.39 is 37.3 Å². The van der Waals surface area contributed by atoms with E-state index in [1.54, 1.807) is 6.07 Å². The van der Waals surface area contributed by atoms with Crippen LogP contribution < -0.4 is 15.4 Å². The Morgan fingerprint density at radius 2 is 2.10 bits per heavy atom. The largest absolute Gasteiger partial charge is 0.468 e. The molecule has 0 bridgehead atoms. The number of aryl methyl sites for hydroxylation is 1. The summed E-state index contributed by atoms with van der Waals surface area (Å²) in [5.74, 6) is -0.671. The van der Waals surface area contributed by atoms with Crippen LogP contribution in [0.5, 0.6) is 5.88 Å². The lowest BCUT2D eigenvalue weighted by molar-refractivity contribution is -0.154. The number of carbonyl (C=O) groups is 1.